The molecule has 0 nitrogen and oxygen atoms in total. The van der Waals surface area contributed by atoms with Gasteiger partial charge in [-0.2, -0.15) is 0 Å². The molecule has 0 heterocycles. The fourth-order valence-electron chi connectivity index (χ4n) is 0.354. The molecule has 0 radical (unpaired) electrons. The van der Waals surface area contributed by atoms with Crippen molar-refractivity contribution in [1.82, 2.24) is 0 Å². The van der Waals surface area contributed by atoms with Gasteiger partial charge >= 0.3 is 0 Å². The lowest BCUT2D eigenvalue weighted by molar-refractivity contribution is 0.626. The summed E-state index contributed by atoms with van der Waals surface area (Å²) in [4.78, 5) is 0. The van der Waals surface area contributed by atoms with E-state index < -0.39 is 0 Å². The first-order valence-corrected chi connectivity index (χ1v) is 6.42. The van der Waals surface area contributed by atoms with Crippen LogP contribution in [0.1, 0.15) is 81.1 Å². The van der Waals surface area contributed by atoms with Crippen molar-refractivity contribution in [1.29, 1.82) is 0 Å². The van der Waals surface area contributed by atoms with E-state index in [0.29, 0.717) is 0 Å². The Hall–Kier alpha value is 0. The number of rotatable bonds is 3. The summed E-state index contributed by atoms with van der Waals surface area (Å²) in [7, 11) is 0. The lowest BCUT2D eigenvalue weighted by Gasteiger charge is -1.90. The Morgan fingerprint density at radius 3 is 0.929 bits per heavy atom. The van der Waals surface area contributed by atoms with Crippen molar-refractivity contribution in [2.45, 2.75) is 81.1 Å². The summed E-state index contributed by atoms with van der Waals surface area (Å²) in [5.41, 5.74) is 0. The quantitative estimate of drug-likeness (QED) is 0.533. The maximum absolute atomic E-state index is 2.22. The van der Waals surface area contributed by atoms with Crippen LogP contribution < -0.4 is 0 Å². The van der Waals surface area contributed by atoms with E-state index in [-0.39, 0.29) is 0 Å². The Morgan fingerprint density at radius 1 is 0.714 bits per heavy atom. The molecule has 0 saturated carbocycles. The van der Waals surface area contributed by atoms with E-state index in [4.69, 9.17) is 0 Å². The van der Waals surface area contributed by atoms with Crippen LogP contribution in [0.25, 0.3) is 0 Å². The summed E-state index contributed by atoms with van der Waals surface area (Å²) in [5.74, 6) is 1.72. The van der Waals surface area contributed by atoms with Crippen molar-refractivity contribution < 1.29 is 0 Å². The molecule has 0 rings (SSSR count). The van der Waals surface area contributed by atoms with Crippen molar-refractivity contribution in [3.8, 4) is 0 Å². The Morgan fingerprint density at radius 2 is 0.929 bits per heavy atom. The van der Waals surface area contributed by atoms with Gasteiger partial charge in [0.2, 0.25) is 0 Å². The lowest BCUT2D eigenvalue weighted by Crippen LogP contribution is -1.77. The van der Waals surface area contributed by atoms with E-state index in [9.17, 15) is 0 Å². The van der Waals surface area contributed by atoms with Gasteiger partial charge < -0.3 is 0 Å². The van der Waals surface area contributed by atoms with Crippen LogP contribution in [0.4, 0.5) is 0 Å². The fourth-order valence-corrected chi connectivity index (χ4v) is 0.354. The molecule has 0 aliphatic carbocycles. The zero-order valence-electron chi connectivity index (χ0n) is 12.0. The van der Waals surface area contributed by atoms with E-state index in [1.807, 2.05) is 0 Å². The molecule has 0 unspecified atom stereocenters. The molecule has 0 aliphatic rings. The normalized spacial score (nSPS) is 9.00. The van der Waals surface area contributed by atoms with Gasteiger partial charge in [-0.3, -0.25) is 0 Å². The molecule has 0 bridgehead atoms. The third-order valence-corrected chi connectivity index (χ3v) is 1.52. The SMILES string of the molecule is CC(C)C.CCC(C)C.CCCCC. The molecule has 14 heavy (non-hydrogen) atoms. The molecule has 0 aliphatic heterocycles. The van der Waals surface area contributed by atoms with E-state index in [1.165, 1.54) is 25.7 Å². The van der Waals surface area contributed by atoms with E-state index in [1.54, 1.807) is 0 Å². The molecule has 0 aromatic carbocycles. The van der Waals surface area contributed by atoms with Crippen molar-refractivity contribution in [2.24, 2.45) is 11.8 Å². The first-order valence-electron chi connectivity index (χ1n) is 6.42. The average molecular weight is 202 g/mol. The van der Waals surface area contributed by atoms with Gasteiger partial charge in [0, 0.05) is 0 Å². The van der Waals surface area contributed by atoms with Gasteiger partial charge in [0.25, 0.3) is 0 Å². The molecular weight excluding hydrogens is 168 g/mol. The Labute approximate surface area is 93.5 Å². The number of hydrogen-bond acceptors (Lipinski definition) is 0. The average Bonchev–Trinajstić information content (AvgIpc) is 2.06. The zero-order valence-corrected chi connectivity index (χ0v) is 12.0. The van der Waals surface area contributed by atoms with Crippen molar-refractivity contribution >= 4 is 0 Å². The highest BCUT2D eigenvalue weighted by Crippen LogP contribution is 1.93. The highest BCUT2D eigenvalue weighted by atomic mass is 13.9. The summed E-state index contributed by atoms with van der Waals surface area (Å²) in [5, 5.41) is 0. The minimum Gasteiger partial charge on any atom is -0.0654 e. The van der Waals surface area contributed by atoms with Crippen molar-refractivity contribution in [3.05, 3.63) is 0 Å². The molecule has 0 aromatic rings. The highest BCUT2D eigenvalue weighted by Gasteiger charge is 1.80. The topological polar surface area (TPSA) is 0 Å². The summed E-state index contributed by atoms with van der Waals surface area (Å²) >= 11 is 0. The molecule has 0 spiro atoms. The molecule has 0 heteroatoms. The minimum atomic E-state index is 0.833. The van der Waals surface area contributed by atoms with Gasteiger partial charge in [0.05, 0.1) is 0 Å². The van der Waals surface area contributed by atoms with Crippen LogP contribution in [0.15, 0.2) is 0 Å². The van der Waals surface area contributed by atoms with Gasteiger partial charge in [-0.25, -0.2) is 0 Å². The number of unbranched alkanes of at least 4 members (excludes halogenated alkanes) is 2. The van der Waals surface area contributed by atoms with Gasteiger partial charge in [0.1, 0.15) is 0 Å². The van der Waals surface area contributed by atoms with E-state index in [2.05, 4.69) is 55.4 Å². The van der Waals surface area contributed by atoms with Crippen LogP contribution >= 0.6 is 0 Å². The molecule has 0 saturated heterocycles. The third kappa shape index (κ3) is 90.8. The van der Waals surface area contributed by atoms with Crippen LogP contribution in [0.5, 0.6) is 0 Å². The molecule has 90 valence electrons. The number of hydrogen-bond donors (Lipinski definition) is 0. The molecule has 0 N–H and O–H groups in total. The van der Waals surface area contributed by atoms with Crippen LogP contribution in [-0.4, -0.2) is 0 Å². The van der Waals surface area contributed by atoms with Crippen LogP contribution in [0.2, 0.25) is 0 Å². The molecular formula is C14H34. The summed E-state index contributed by atoms with van der Waals surface area (Å²) < 4.78 is 0. The van der Waals surface area contributed by atoms with Gasteiger partial charge in [0.15, 0.2) is 0 Å². The van der Waals surface area contributed by atoms with Crippen LogP contribution in [-0.2, 0) is 0 Å². The van der Waals surface area contributed by atoms with Crippen molar-refractivity contribution in [3.63, 3.8) is 0 Å². The smallest absolute Gasteiger partial charge is 0.0474 e. The van der Waals surface area contributed by atoms with Crippen LogP contribution in [0.3, 0.4) is 0 Å². The molecule has 0 fully saturated rings. The summed E-state index contributed by atoms with van der Waals surface area (Å²) in [6, 6.07) is 0. The Balaban J connectivity index is -0.000000131. The summed E-state index contributed by atoms with van der Waals surface area (Å²) in [6.45, 7) is 17.6. The Bertz CT molecular complexity index is 57.7. The van der Waals surface area contributed by atoms with Gasteiger partial charge in [-0.15, -0.1) is 0 Å². The third-order valence-electron chi connectivity index (χ3n) is 1.52. The standard InChI is InChI=1S/2C5H12.C4H10/c1-4-5(2)3;1-3-5-4-2;1-4(2)3/h5H,4H2,1-3H3;3-5H2,1-2H3;4H,1-3H3. The zero-order chi connectivity index (χ0) is 12.0. The van der Waals surface area contributed by atoms with Gasteiger partial charge in [-0.05, 0) is 11.8 Å². The Kier molecular flexibility index (Phi) is 26.1. The second-order valence-corrected chi connectivity index (χ2v) is 4.89. The second-order valence-electron chi connectivity index (χ2n) is 4.89. The predicted octanol–water partition coefficient (Wildman–Crippen LogP) is 5.91. The minimum absolute atomic E-state index is 0.833. The molecule has 0 atom stereocenters. The maximum atomic E-state index is 2.22. The van der Waals surface area contributed by atoms with E-state index >= 15 is 0 Å². The van der Waals surface area contributed by atoms with Crippen molar-refractivity contribution in [2.75, 3.05) is 0 Å². The first kappa shape index (κ1) is 19.6. The van der Waals surface area contributed by atoms with E-state index in [0.717, 1.165) is 11.8 Å². The highest BCUT2D eigenvalue weighted by molar-refractivity contribution is 4.32. The summed E-state index contributed by atoms with van der Waals surface area (Å²) in [6.07, 6.45) is 5.38. The first-order chi connectivity index (χ1) is 6.42. The van der Waals surface area contributed by atoms with Gasteiger partial charge in [-0.1, -0.05) is 81.1 Å². The monoisotopic (exact) mass is 202 g/mol. The molecule has 0 aromatic heterocycles. The second kappa shape index (κ2) is 18.7. The lowest BCUT2D eigenvalue weighted by atomic mass is 10.2. The largest absolute Gasteiger partial charge is 0.0654 e. The maximum Gasteiger partial charge on any atom is -0.0474 e. The predicted molar refractivity (Wildman–Crippen MR) is 70.8 cm³/mol. The van der Waals surface area contributed by atoms with Crippen LogP contribution in [0, 0.1) is 11.8 Å². The molecule has 0 amide bonds. The fraction of sp³-hybridized carbons (Fsp3) is 1.00.